The third-order valence-electron chi connectivity index (χ3n) is 3.67. The number of rotatable bonds is 6. The lowest BCUT2D eigenvalue weighted by molar-refractivity contribution is -0.129. The zero-order valence-electron chi connectivity index (χ0n) is 13.4. The number of aryl methyl sites for hydroxylation is 1. The van der Waals surface area contributed by atoms with Crippen molar-refractivity contribution in [3.05, 3.63) is 65.7 Å². The van der Waals surface area contributed by atoms with Gasteiger partial charge in [-0.2, -0.15) is 0 Å². The van der Waals surface area contributed by atoms with Gasteiger partial charge in [0, 0.05) is 20.0 Å². The van der Waals surface area contributed by atoms with Gasteiger partial charge in [0.15, 0.2) is 9.84 Å². The molecule has 122 valence electrons. The molecule has 0 saturated carbocycles. The van der Waals surface area contributed by atoms with Crippen molar-refractivity contribution in [2.45, 2.75) is 25.3 Å². The molecule has 1 amide bonds. The van der Waals surface area contributed by atoms with Gasteiger partial charge in [-0.05, 0) is 24.6 Å². The number of carbonyl (C=O) groups excluding carboxylic acids is 1. The molecule has 0 radical (unpaired) electrons. The minimum atomic E-state index is -3.39. The second-order valence-electron chi connectivity index (χ2n) is 5.56. The van der Waals surface area contributed by atoms with E-state index in [9.17, 15) is 13.2 Å². The Morgan fingerprint density at radius 3 is 2.17 bits per heavy atom. The van der Waals surface area contributed by atoms with Crippen LogP contribution in [0.2, 0.25) is 0 Å². The van der Waals surface area contributed by atoms with E-state index in [1.165, 1.54) is 6.92 Å². The lowest BCUT2D eigenvalue weighted by Gasteiger charge is -2.21. The third kappa shape index (κ3) is 4.93. The highest BCUT2D eigenvalue weighted by atomic mass is 32.2. The van der Waals surface area contributed by atoms with Crippen LogP contribution in [0, 0.1) is 6.92 Å². The van der Waals surface area contributed by atoms with Gasteiger partial charge < -0.3 is 4.90 Å². The molecule has 0 spiro atoms. The minimum absolute atomic E-state index is 0.0809. The first-order valence-corrected chi connectivity index (χ1v) is 9.12. The number of hydrogen-bond acceptors (Lipinski definition) is 3. The van der Waals surface area contributed by atoms with Crippen molar-refractivity contribution in [3.63, 3.8) is 0 Å². The highest BCUT2D eigenvalue weighted by molar-refractivity contribution is 7.91. The molecule has 0 aliphatic carbocycles. The summed E-state index contributed by atoms with van der Waals surface area (Å²) in [5.74, 6) is -0.212. The van der Waals surface area contributed by atoms with Crippen molar-refractivity contribution in [3.8, 4) is 0 Å². The van der Waals surface area contributed by atoms with Crippen molar-refractivity contribution in [1.29, 1.82) is 0 Å². The van der Waals surface area contributed by atoms with E-state index in [2.05, 4.69) is 0 Å². The van der Waals surface area contributed by atoms with Crippen molar-refractivity contribution in [2.24, 2.45) is 0 Å². The molecule has 0 aliphatic rings. The molecule has 2 rings (SSSR count). The molecule has 0 unspecified atom stereocenters. The zero-order valence-corrected chi connectivity index (χ0v) is 14.2. The molecule has 4 nitrogen and oxygen atoms in total. The second kappa shape index (κ2) is 7.42. The first kappa shape index (κ1) is 17.2. The normalized spacial score (nSPS) is 11.2. The molecule has 23 heavy (non-hydrogen) atoms. The first-order valence-electron chi connectivity index (χ1n) is 7.47. The summed E-state index contributed by atoms with van der Waals surface area (Å²) < 4.78 is 24.8. The molecule has 2 aromatic carbocycles. The summed E-state index contributed by atoms with van der Waals surface area (Å²) in [7, 11) is -3.39. The van der Waals surface area contributed by atoms with Gasteiger partial charge in [0.05, 0.1) is 10.6 Å². The largest absolute Gasteiger partial charge is 0.338 e. The fourth-order valence-corrected chi connectivity index (χ4v) is 3.49. The molecule has 0 atom stereocenters. The van der Waals surface area contributed by atoms with Crippen LogP contribution in [0.3, 0.4) is 0 Å². The number of carbonyl (C=O) groups is 1. The summed E-state index contributed by atoms with van der Waals surface area (Å²) in [6, 6.07) is 16.3. The van der Waals surface area contributed by atoms with Crippen LogP contribution < -0.4 is 0 Å². The number of hydrogen-bond donors (Lipinski definition) is 0. The fraction of sp³-hybridized carbons (Fsp3) is 0.278. The summed E-state index contributed by atoms with van der Waals surface area (Å²) in [6.07, 6.45) is 0. The smallest absolute Gasteiger partial charge is 0.219 e. The number of sulfone groups is 1. The molecule has 0 N–H and O–H groups in total. The van der Waals surface area contributed by atoms with E-state index in [1.54, 1.807) is 29.2 Å². The van der Waals surface area contributed by atoms with E-state index in [4.69, 9.17) is 0 Å². The number of amides is 1. The van der Waals surface area contributed by atoms with Gasteiger partial charge in [-0.3, -0.25) is 4.79 Å². The summed E-state index contributed by atoms with van der Waals surface area (Å²) in [4.78, 5) is 13.6. The van der Waals surface area contributed by atoms with Gasteiger partial charge in [0.1, 0.15) is 0 Å². The predicted molar refractivity (Wildman–Crippen MR) is 90.8 cm³/mol. The Morgan fingerprint density at radius 2 is 1.61 bits per heavy atom. The first-order chi connectivity index (χ1) is 10.9. The van der Waals surface area contributed by atoms with E-state index in [0.29, 0.717) is 11.4 Å². The van der Waals surface area contributed by atoms with Crippen molar-refractivity contribution < 1.29 is 13.2 Å². The van der Waals surface area contributed by atoms with E-state index in [0.717, 1.165) is 11.1 Å². The second-order valence-corrected chi connectivity index (χ2v) is 7.67. The lowest BCUT2D eigenvalue weighted by Crippen LogP contribution is -2.33. The van der Waals surface area contributed by atoms with Gasteiger partial charge in [0.25, 0.3) is 0 Å². The van der Waals surface area contributed by atoms with E-state index >= 15 is 0 Å². The Hall–Kier alpha value is -2.14. The topological polar surface area (TPSA) is 54.5 Å². The standard InChI is InChI=1S/C18H21NO3S/c1-15-8-10-18(11-9-15)23(21,22)13-12-19(16(2)20)14-17-6-4-3-5-7-17/h3-11H,12-14H2,1-2H3. The van der Waals surface area contributed by atoms with E-state index < -0.39 is 9.84 Å². The molecule has 0 bridgehead atoms. The minimum Gasteiger partial charge on any atom is -0.338 e. The molecule has 5 heteroatoms. The lowest BCUT2D eigenvalue weighted by atomic mass is 10.2. The number of nitrogens with zero attached hydrogens (tertiary/aromatic N) is 1. The highest BCUT2D eigenvalue weighted by Crippen LogP contribution is 2.13. The maximum absolute atomic E-state index is 12.4. The Bertz CT molecular complexity index is 753. The van der Waals surface area contributed by atoms with Gasteiger partial charge in [-0.15, -0.1) is 0 Å². The van der Waals surface area contributed by atoms with Crippen LogP contribution in [0.4, 0.5) is 0 Å². The van der Waals surface area contributed by atoms with Crippen LogP contribution in [0.1, 0.15) is 18.1 Å². The maximum atomic E-state index is 12.4. The molecule has 2 aromatic rings. The van der Waals surface area contributed by atoms with E-state index in [-0.39, 0.29) is 18.2 Å². The third-order valence-corrected chi connectivity index (χ3v) is 5.38. The molecular formula is C18H21NO3S. The van der Waals surface area contributed by atoms with Crippen LogP contribution in [0.25, 0.3) is 0 Å². The van der Waals surface area contributed by atoms with Crippen molar-refractivity contribution in [2.75, 3.05) is 12.3 Å². The SMILES string of the molecule is CC(=O)N(CCS(=O)(=O)c1ccc(C)cc1)Cc1ccccc1. The van der Waals surface area contributed by atoms with Crippen LogP contribution in [0.15, 0.2) is 59.5 Å². The van der Waals surface area contributed by atoms with Crippen LogP contribution in [-0.2, 0) is 21.2 Å². The van der Waals surface area contributed by atoms with Crippen LogP contribution in [0.5, 0.6) is 0 Å². The molecule has 0 saturated heterocycles. The highest BCUT2D eigenvalue weighted by Gasteiger charge is 2.18. The van der Waals surface area contributed by atoms with Gasteiger partial charge >= 0.3 is 0 Å². The average Bonchev–Trinajstić information content (AvgIpc) is 2.52. The fourth-order valence-electron chi connectivity index (χ4n) is 2.25. The molecular weight excluding hydrogens is 310 g/mol. The van der Waals surface area contributed by atoms with E-state index in [1.807, 2.05) is 37.3 Å². The maximum Gasteiger partial charge on any atom is 0.219 e. The van der Waals surface area contributed by atoms with Crippen LogP contribution >= 0.6 is 0 Å². The molecule has 0 aromatic heterocycles. The Labute approximate surface area is 137 Å². The summed E-state index contributed by atoms with van der Waals surface area (Å²) in [5.41, 5.74) is 1.99. The van der Waals surface area contributed by atoms with Crippen molar-refractivity contribution >= 4 is 15.7 Å². The zero-order chi connectivity index (χ0) is 16.9. The Kier molecular flexibility index (Phi) is 5.55. The monoisotopic (exact) mass is 331 g/mol. The predicted octanol–water partition coefficient (Wildman–Crippen LogP) is 2.82. The van der Waals surface area contributed by atoms with Crippen LogP contribution in [-0.4, -0.2) is 31.5 Å². The summed E-state index contributed by atoms with van der Waals surface area (Å²) in [5, 5.41) is 0. The van der Waals surface area contributed by atoms with Crippen molar-refractivity contribution in [1.82, 2.24) is 4.90 Å². The average molecular weight is 331 g/mol. The summed E-state index contributed by atoms with van der Waals surface area (Å²) >= 11 is 0. The van der Waals surface area contributed by atoms with Gasteiger partial charge in [-0.25, -0.2) is 8.42 Å². The van der Waals surface area contributed by atoms with Gasteiger partial charge in [-0.1, -0.05) is 48.0 Å². The molecule has 0 heterocycles. The summed E-state index contributed by atoms with van der Waals surface area (Å²) in [6.45, 7) is 3.97. The molecule has 0 aliphatic heterocycles. The Morgan fingerprint density at radius 1 is 1.00 bits per heavy atom. The Balaban J connectivity index is 2.06. The molecule has 0 fully saturated rings. The number of benzene rings is 2. The quantitative estimate of drug-likeness (QED) is 0.818. The van der Waals surface area contributed by atoms with Gasteiger partial charge in [0.2, 0.25) is 5.91 Å².